The monoisotopic (exact) mass is 296 g/mol. The molecular formula is C14H20N2O5. The van der Waals surface area contributed by atoms with Crippen LogP contribution in [0, 0.1) is 10.1 Å². The van der Waals surface area contributed by atoms with Gasteiger partial charge in [0.1, 0.15) is 6.61 Å². The molecule has 0 bridgehead atoms. The van der Waals surface area contributed by atoms with Crippen molar-refractivity contribution in [2.75, 3.05) is 33.4 Å². The van der Waals surface area contributed by atoms with Gasteiger partial charge < -0.3 is 14.6 Å². The van der Waals surface area contributed by atoms with Crippen LogP contribution in [0.15, 0.2) is 12.1 Å². The van der Waals surface area contributed by atoms with Crippen molar-refractivity contribution in [3.8, 4) is 11.5 Å². The number of nitro groups is 1. The van der Waals surface area contributed by atoms with Crippen LogP contribution >= 0.6 is 0 Å². The number of likely N-dealkylation sites (tertiary alicyclic amines) is 1. The molecule has 7 nitrogen and oxygen atoms in total. The lowest BCUT2D eigenvalue weighted by atomic mass is 10.1. The van der Waals surface area contributed by atoms with Crippen LogP contribution in [0.1, 0.15) is 18.4 Å². The molecule has 0 unspecified atom stereocenters. The fourth-order valence-electron chi connectivity index (χ4n) is 2.45. The number of nitrogens with zero attached hydrogens (tertiary/aromatic N) is 2. The molecule has 1 aliphatic rings. The zero-order valence-electron chi connectivity index (χ0n) is 12.1. The van der Waals surface area contributed by atoms with Gasteiger partial charge in [0.2, 0.25) is 0 Å². The molecule has 1 saturated heterocycles. The first kappa shape index (κ1) is 15.5. The minimum absolute atomic E-state index is 0.158. The summed E-state index contributed by atoms with van der Waals surface area (Å²) in [5.41, 5.74) is 0.0539. The van der Waals surface area contributed by atoms with Crippen LogP contribution in [0.25, 0.3) is 0 Å². The molecule has 116 valence electrons. The lowest BCUT2D eigenvalue weighted by Gasteiger charge is -2.16. The minimum Gasteiger partial charge on any atom is -0.493 e. The van der Waals surface area contributed by atoms with Gasteiger partial charge in [0.25, 0.3) is 5.69 Å². The molecule has 21 heavy (non-hydrogen) atoms. The Morgan fingerprint density at radius 1 is 1.33 bits per heavy atom. The molecule has 0 aliphatic carbocycles. The topological polar surface area (TPSA) is 85.1 Å². The van der Waals surface area contributed by atoms with Crippen molar-refractivity contribution in [1.29, 1.82) is 0 Å². The third-order valence-corrected chi connectivity index (χ3v) is 3.60. The highest BCUT2D eigenvalue weighted by molar-refractivity contribution is 5.54. The van der Waals surface area contributed by atoms with Crippen molar-refractivity contribution in [2.45, 2.75) is 19.4 Å². The summed E-state index contributed by atoms with van der Waals surface area (Å²) >= 11 is 0. The highest BCUT2D eigenvalue weighted by Crippen LogP contribution is 2.34. The van der Waals surface area contributed by atoms with Gasteiger partial charge in [-0.15, -0.1) is 0 Å². The van der Waals surface area contributed by atoms with Crippen LogP contribution in [-0.4, -0.2) is 48.3 Å². The second-order valence-corrected chi connectivity index (χ2v) is 4.94. The van der Waals surface area contributed by atoms with Crippen molar-refractivity contribution in [2.24, 2.45) is 0 Å². The van der Waals surface area contributed by atoms with Crippen molar-refractivity contribution in [1.82, 2.24) is 4.90 Å². The molecule has 1 heterocycles. The summed E-state index contributed by atoms with van der Waals surface area (Å²) in [4.78, 5) is 12.8. The number of nitro benzene ring substituents is 1. The van der Waals surface area contributed by atoms with Gasteiger partial charge >= 0.3 is 0 Å². The SMILES string of the molecule is COc1cc(CO)c([N+](=O)[O-])cc1OCCN1CCCC1. The summed E-state index contributed by atoms with van der Waals surface area (Å²) in [6, 6.07) is 2.76. The van der Waals surface area contributed by atoms with Crippen molar-refractivity contribution in [3.05, 3.63) is 27.8 Å². The molecule has 0 radical (unpaired) electrons. The Labute approximate surface area is 123 Å². The Balaban J connectivity index is 2.08. The first-order valence-electron chi connectivity index (χ1n) is 6.97. The molecule has 7 heteroatoms. The zero-order valence-corrected chi connectivity index (χ0v) is 12.1. The molecule has 1 aromatic rings. The van der Waals surface area contributed by atoms with E-state index in [1.807, 2.05) is 0 Å². The van der Waals surface area contributed by atoms with E-state index in [4.69, 9.17) is 9.47 Å². The predicted molar refractivity (Wildman–Crippen MR) is 76.7 cm³/mol. The normalized spacial score (nSPS) is 15.1. The van der Waals surface area contributed by atoms with E-state index in [0.29, 0.717) is 18.1 Å². The number of rotatable bonds is 7. The first-order chi connectivity index (χ1) is 10.2. The van der Waals surface area contributed by atoms with Crippen LogP contribution in [0.3, 0.4) is 0 Å². The summed E-state index contributed by atoms with van der Waals surface area (Å²) in [6.07, 6.45) is 2.42. The van der Waals surface area contributed by atoms with Crippen LogP contribution in [-0.2, 0) is 6.61 Å². The van der Waals surface area contributed by atoms with Gasteiger partial charge in [0.05, 0.1) is 30.3 Å². The average Bonchev–Trinajstić information content (AvgIpc) is 2.99. The predicted octanol–water partition coefficient (Wildman–Crippen LogP) is 1.57. The Hall–Kier alpha value is -1.86. The summed E-state index contributed by atoms with van der Waals surface area (Å²) in [5.74, 6) is 0.728. The largest absolute Gasteiger partial charge is 0.493 e. The second kappa shape index (κ2) is 7.24. The Morgan fingerprint density at radius 3 is 2.62 bits per heavy atom. The van der Waals surface area contributed by atoms with E-state index in [0.717, 1.165) is 19.6 Å². The lowest BCUT2D eigenvalue weighted by molar-refractivity contribution is -0.385. The van der Waals surface area contributed by atoms with Gasteiger partial charge in [0.15, 0.2) is 11.5 Å². The van der Waals surface area contributed by atoms with Gasteiger partial charge in [0, 0.05) is 6.54 Å². The van der Waals surface area contributed by atoms with Crippen LogP contribution in [0.2, 0.25) is 0 Å². The lowest BCUT2D eigenvalue weighted by Crippen LogP contribution is -2.25. The maximum Gasteiger partial charge on any atom is 0.278 e. The average molecular weight is 296 g/mol. The van der Waals surface area contributed by atoms with Crippen molar-refractivity contribution >= 4 is 5.69 Å². The third-order valence-electron chi connectivity index (χ3n) is 3.60. The minimum atomic E-state index is -0.529. The third kappa shape index (κ3) is 3.83. The maximum atomic E-state index is 11.0. The number of ether oxygens (including phenoxy) is 2. The van der Waals surface area contributed by atoms with Crippen LogP contribution in [0.5, 0.6) is 11.5 Å². The smallest absolute Gasteiger partial charge is 0.278 e. The molecule has 0 saturated carbocycles. The van der Waals surface area contributed by atoms with Gasteiger partial charge in [-0.25, -0.2) is 0 Å². The Morgan fingerprint density at radius 2 is 2.05 bits per heavy atom. The summed E-state index contributed by atoms with van der Waals surface area (Å²) in [5, 5.41) is 20.2. The number of hydrogen-bond donors (Lipinski definition) is 1. The number of benzene rings is 1. The van der Waals surface area contributed by atoms with Crippen molar-refractivity contribution < 1.29 is 19.5 Å². The first-order valence-corrected chi connectivity index (χ1v) is 6.97. The summed E-state index contributed by atoms with van der Waals surface area (Å²) < 4.78 is 10.8. The van der Waals surface area contributed by atoms with Gasteiger partial charge in [-0.05, 0) is 32.0 Å². The molecule has 2 rings (SSSR count). The molecule has 1 N–H and O–H groups in total. The second-order valence-electron chi connectivity index (χ2n) is 4.94. The molecule has 0 aromatic heterocycles. The van der Waals surface area contributed by atoms with E-state index in [-0.39, 0.29) is 11.3 Å². The molecule has 1 aromatic carbocycles. The molecule has 1 aliphatic heterocycles. The van der Waals surface area contributed by atoms with Gasteiger partial charge in [-0.2, -0.15) is 0 Å². The van der Waals surface area contributed by atoms with Crippen LogP contribution < -0.4 is 9.47 Å². The van der Waals surface area contributed by atoms with E-state index in [2.05, 4.69) is 4.90 Å². The molecule has 0 amide bonds. The molecule has 0 spiro atoms. The number of aliphatic hydroxyl groups is 1. The molecule has 0 atom stereocenters. The Bertz CT molecular complexity index is 500. The highest BCUT2D eigenvalue weighted by atomic mass is 16.6. The fraction of sp³-hybridized carbons (Fsp3) is 0.571. The standard InChI is InChI=1S/C14H20N2O5/c1-20-13-8-11(10-17)12(16(18)19)9-14(13)21-7-6-15-4-2-3-5-15/h8-9,17H,2-7,10H2,1H3. The maximum absolute atomic E-state index is 11.0. The van der Waals surface area contributed by atoms with Gasteiger partial charge in [-0.1, -0.05) is 0 Å². The summed E-state index contributed by atoms with van der Waals surface area (Å²) in [6.45, 7) is 2.97. The quantitative estimate of drug-likeness (QED) is 0.607. The zero-order chi connectivity index (χ0) is 15.2. The summed E-state index contributed by atoms with van der Waals surface area (Å²) in [7, 11) is 1.47. The van der Waals surface area contributed by atoms with Gasteiger partial charge in [-0.3, -0.25) is 15.0 Å². The molecule has 1 fully saturated rings. The highest BCUT2D eigenvalue weighted by Gasteiger charge is 2.19. The van der Waals surface area contributed by atoms with E-state index >= 15 is 0 Å². The van der Waals surface area contributed by atoms with E-state index < -0.39 is 11.5 Å². The number of hydrogen-bond acceptors (Lipinski definition) is 6. The fourth-order valence-corrected chi connectivity index (χ4v) is 2.45. The Kier molecular flexibility index (Phi) is 5.35. The molecular weight excluding hydrogens is 276 g/mol. The van der Waals surface area contributed by atoms with Crippen molar-refractivity contribution in [3.63, 3.8) is 0 Å². The number of methoxy groups -OCH3 is 1. The van der Waals surface area contributed by atoms with E-state index in [1.165, 1.54) is 32.1 Å². The van der Waals surface area contributed by atoms with E-state index in [1.54, 1.807) is 0 Å². The number of aliphatic hydroxyl groups excluding tert-OH is 1. The van der Waals surface area contributed by atoms with E-state index in [9.17, 15) is 15.2 Å². The van der Waals surface area contributed by atoms with Crippen LogP contribution in [0.4, 0.5) is 5.69 Å².